The average molecular weight is 425 g/mol. The summed E-state index contributed by atoms with van der Waals surface area (Å²) in [6.07, 6.45) is 2.85. The summed E-state index contributed by atoms with van der Waals surface area (Å²) >= 11 is 5.89. The SMILES string of the molecule is O=C(C=Cc1cccc(Cl)c1)Nc1ccc(F)c(S(=O)(=O)N2CCOCC2)c1. The van der Waals surface area contributed by atoms with Crippen molar-refractivity contribution in [2.24, 2.45) is 0 Å². The Kier molecular flexibility index (Phi) is 6.46. The zero-order valence-corrected chi connectivity index (χ0v) is 16.3. The third-order valence-electron chi connectivity index (χ3n) is 4.06. The molecule has 1 fully saturated rings. The van der Waals surface area contributed by atoms with Crippen molar-refractivity contribution in [3.8, 4) is 0 Å². The lowest BCUT2D eigenvalue weighted by atomic mass is 10.2. The van der Waals surface area contributed by atoms with Crippen molar-refractivity contribution in [1.82, 2.24) is 4.31 Å². The molecule has 0 atom stereocenters. The molecule has 0 bridgehead atoms. The molecule has 0 aromatic heterocycles. The van der Waals surface area contributed by atoms with Crippen LogP contribution in [0.15, 0.2) is 53.4 Å². The van der Waals surface area contributed by atoms with E-state index in [0.29, 0.717) is 5.02 Å². The van der Waals surface area contributed by atoms with Gasteiger partial charge in [0.15, 0.2) is 0 Å². The molecule has 6 nitrogen and oxygen atoms in total. The average Bonchev–Trinajstić information content (AvgIpc) is 2.68. The van der Waals surface area contributed by atoms with Crippen LogP contribution in [0.1, 0.15) is 5.56 Å². The molecule has 28 heavy (non-hydrogen) atoms. The van der Waals surface area contributed by atoms with Crippen molar-refractivity contribution in [3.63, 3.8) is 0 Å². The third kappa shape index (κ3) is 4.96. The Labute approximate surface area is 167 Å². The highest BCUT2D eigenvalue weighted by Gasteiger charge is 2.29. The highest BCUT2D eigenvalue weighted by molar-refractivity contribution is 7.89. The molecule has 0 saturated carbocycles. The highest BCUT2D eigenvalue weighted by Crippen LogP contribution is 2.24. The quantitative estimate of drug-likeness (QED) is 0.748. The van der Waals surface area contributed by atoms with E-state index in [4.69, 9.17) is 16.3 Å². The second kappa shape index (κ2) is 8.83. The molecule has 0 spiro atoms. The molecule has 1 heterocycles. The first-order chi connectivity index (χ1) is 13.4. The summed E-state index contributed by atoms with van der Waals surface area (Å²) in [5.41, 5.74) is 0.909. The largest absolute Gasteiger partial charge is 0.379 e. The number of benzene rings is 2. The van der Waals surface area contributed by atoms with Gasteiger partial charge >= 0.3 is 0 Å². The number of ether oxygens (including phenoxy) is 1. The minimum absolute atomic E-state index is 0.154. The fraction of sp³-hybridized carbons (Fsp3) is 0.211. The van der Waals surface area contributed by atoms with Gasteiger partial charge in [0.05, 0.1) is 13.2 Å². The number of carbonyl (C=O) groups is 1. The number of rotatable bonds is 5. The van der Waals surface area contributed by atoms with Crippen LogP contribution in [0.2, 0.25) is 5.02 Å². The van der Waals surface area contributed by atoms with Gasteiger partial charge in [-0.2, -0.15) is 4.31 Å². The molecule has 1 amide bonds. The molecule has 1 N–H and O–H groups in total. The minimum Gasteiger partial charge on any atom is -0.379 e. The Hall–Kier alpha value is -2.26. The molecular formula is C19H18ClFN2O4S. The van der Waals surface area contributed by atoms with Gasteiger partial charge in [0.1, 0.15) is 10.7 Å². The lowest BCUT2D eigenvalue weighted by Crippen LogP contribution is -2.40. The van der Waals surface area contributed by atoms with E-state index in [-0.39, 0.29) is 32.0 Å². The monoisotopic (exact) mass is 424 g/mol. The molecule has 1 aliphatic rings. The number of anilines is 1. The summed E-state index contributed by atoms with van der Waals surface area (Å²) in [6, 6.07) is 10.4. The predicted octanol–water partition coefficient (Wildman–Crippen LogP) is 3.15. The Morgan fingerprint density at radius 2 is 1.93 bits per heavy atom. The van der Waals surface area contributed by atoms with Crippen molar-refractivity contribution in [1.29, 1.82) is 0 Å². The number of amides is 1. The smallest absolute Gasteiger partial charge is 0.248 e. The molecular weight excluding hydrogens is 407 g/mol. The van der Waals surface area contributed by atoms with Gasteiger partial charge in [0.25, 0.3) is 0 Å². The van der Waals surface area contributed by atoms with Crippen LogP contribution in [0.25, 0.3) is 6.08 Å². The van der Waals surface area contributed by atoms with Crippen LogP contribution in [0.5, 0.6) is 0 Å². The summed E-state index contributed by atoms with van der Waals surface area (Å²) in [5, 5.41) is 3.08. The van der Waals surface area contributed by atoms with Crippen molar-refractivity contribution >= 4 is 39.3 Å². The zero-order valence-electron chi connectivity index (χ0n) is 14.8. The zero-order chi connectivity index (χ0) is 20.1. The number of hydrogen-bond acceptors (Lipinski definition) is 4. The molecule has 148 valence electrons. The summed E-state index contributed by atoms with van der Waals surface area (Å²) in [6.45, 7) is 0.818. The maximum absolute atomic E-state index is 14.2. The van der Waals surface area contributed by atoms with Gasteiger partial charge in [-0.1, -0.05) is 23.7 Å². The van der Waals surface area contributed by atoms with Crippen LogP contribution in [0.3, 0.4) is 0 Å². The number of sulfonamides is 1. The van der Waals surface area contributed by atoms with Crippen LogP contribution in [-0.4, -0.2) is 44.9 Å². The van der Waals surface area contributed by atoms with Crippen LogP contribution < -0.4 is 5.32 Å². The molecule has 1 saturated heterocycles. The number of hydrogen-bond donors (Lipinski definition) is 1. The van der Waals surface area contributed by atoms with E-state index in [0.717, 1.165) is 17.7 Å². The van der Waals surface area contributed by atoms with E-state index in [2.05, 4.69) is 5.32 Å². The molecule has 2 aromatic rings. The van der Waals surface area contributed by atoms with Crippen molar-refractivity contribution in [2.45, 2.75) is 4.90 Å². The third-order valence-corrected chi connectivity index (χ3v) is 6.21. The predicted molar refractivity (Wildman–Crippen MR) is 105 cm³/mol. The molecule has 0 radical (unpaired) electrons. The number of nitrogens with zero attached hydrogens (tertiary/aromatic N) is 1. The summed E-state index contributed by atoms with van der Waals surface area (Å²) < 4.78 is 45.8. The van der Waals surface area contributed by atoms with Gasteiger partial charge < -0.3 is 10.1 Å². The molecule has 3 rings (SSSR count). The van der Waals surface area contributed by atoms with Gasteiger partial charge in [-0.3, -0.25) is 4.79 Å². The summed E-state index contributed by atoms with van der Waals surface area (Å²) in [4.78, 5) is 11.6. The Bertz CT molecular complexity index is 1000. The summed E-state index contributed by atoms with van der Waals surface area (Å²) in [7, 11) is -4.02. The molecule has 2 aromatic carbocycles. The number of halogens is 2. The number of nitrogens with one attached hydrogen (secondary N) is 1. The van der Waals surface area contributed by atoms with E-state index in [9.17, 15) is 17.6 Å². The van der Waals surface area contributed by atoms with E-state index >= 15 is 0 Å². The van der Waals surface area contributed by atoms with Crippen LogP contribution in [0, 0.1) is 5.82 Å². The lowest BCUT2D eigenvalue weighted by molar-refractivity contribution is -0.111. The Balaban J connectivity index is 1.76. The first kappa shape index (κ1) is 20.5. The van der Waals surface area contributed by atoms with Crippen LogP contribution in [-0.2, 0) is 19.6 Å². The highest BCUT2D eigenvalue weighted by atomic mass is 35.5. The van der Waals surface area contributed by atoms with Gasteiger partial charge in [-0.15, -0.1) is 0 Å². The second-order valence-corrected chi connectivity index (χ2v) is 8.38. The van der Waals surface area contributed by atoms with E-state index in [1.165, 1.54) is 16.4 Å². The number of carbonyl (C=O) groups excluding carboxylic acids is 1. The van der Waals surface area contributed by atoms with Crippen molar-refractivity contribution in [3.05, 3.63) is 64.9 Å². The molecule has 1 aliphatic heterocycles. The van der Waals surface area contributed by atoms with E-state index < -0.39 is 26.6 Å². The second-order valence-electron chi connectivity index (χ2n) is 6.04. The van der Waals surface area contributed by atoms with Crippen molar-refractivity contribution in [2.75, 3.05) is 31.6 Å². The Morgan fingerprint density at radius 3 is 2.64 bits per heavy atom. The lowest BCUT2D eigenvalue weighted by Gasteiger charge is -2.26. The molecule has 9 heteroatoms. The van der Waals surface area contributed by atoms with Crippen molar-refractivity contribution < 1.29 is 22.3 Å². The van der Waals surface area contributed by atoms with E-state index in [1.807, 2.05) is 0 Å². The van der Waals surface area contributed by atoms with Gasteiger partial charge in [-0.25, -0.2) is 12.8 Å². The van der Waals surface area contributed by atoms with Crippen LogP contribution >= 0.6 is 11.6 Å². The summed E-state index contributed by atoms with van der Waals surface area (Å²) in [5.74, 6) is -1.36. The minimum atomic E-state index is -4.02. The van der Waals surface area contributed by atoms with E-state index in [1.54, 1.807) is 30.3 Å². The topological polar surface area (TPSA) is 75.7 Å². The molecule has 0 aliphatic carbocycles. The standard InChI is InChI=1S/C19H18ClFN2O4S/c20-15-3-1-2-14(12-15)4-7-19(24)22-16-5-6-17(21)18(13-16)28(25,26)23-8-10-27-11-9-23/h1-7,12-13H,8-11H2,(H,22,24). The first-order valence-corrected chi connectivity index (χ1v) is 10.3. The first-order valence-electron chi connectivity index (χ1n) is 8.48. The maximum atomic E-state index is 14.2. The molecule has 0 unspecified atom stereocenters. The normalized spacial score (nSPS) is 15.6. The number of morpholine rings is 1. The Morgan fingerprint density at radius 1 is 1.18 bits per heavy atom. The van der Waals surface area contributed by atoms with Gasteiger partial charge in [-0.05, 0) is 42.0 Å². The fourth-order valence-electron chi connectivity index (χ4n) is 2.67. The van der Waals surface area contributed by atoms with Gasteiger partial charge in [0.2, 0.25) is 15.9 Å². The van der Waals surface area contributed by atoms with Crippen LogP contribution in [0.4, 0.5) is 10.1 Å². The van der Waals surface area contributed by atoms with Gasteiger partial charge in [0, 0.05) is 29.9 Å². The fourth-order valence-corrected chi connectivity index (χ4v) is 4.37. The maximum Gasteiger partial charge on any atom is 0.248 e.